The molecule has 4 nitrogen and oxygen atoms in total. The number of aromatic nitrogens is 1. The smallest absolute Gasteiger partial charge is 0.180 e. The lowest BCUT2D eigenvalue weighted by Crippen LogP contribution is -2.09. The molecule has 1 N–H and O–H groups in total. The molecule has 144 valence electrons. The van der Waals surface area contributed by atoms with Gasteiger partial charge in [0.25, 0.3) is 0 Å². The van der Waals surface area contributed by atoms with Crippen LogP contribution >= 0.6 is 0 Å². The van der Waals surface area contributed by atoms with Crippen LogP contribution in [-0.2, 0) is 9.84 Å². The molecule has 0 aliphatic heterocycles. The lowest BCUT2D eigenvalue weighted by molar-refractivity contribution is 0.319. The lowest BCUT2D eigenvalue weighted by Gasteiger charge is -2.09. The summed E-state index contributed by atoms with van der Waals surface area (Å²) in [4.78, 5) is 4.74. The molecule has 1 heterocycles. The Hall–Kier alpha value is -2.50. The zero-order valence-corrected chi connectivity index (χ0v) is 16.6. The summed E-state index contributed by atoms with van der Waals surface area (Å²) in [6.45, 7) is 1.72. The van der Waals surface area contributed by atoms with Gasteiger partial charge in [0, 0.05) is 17.8 Å². The third-order valence-electron chi connectivity index (χ3n) is 5.29. The Kier molecular flexibility index (Phi) is 5.04. The molecule has 1 fully saturated rings. The van der Waals surface area contributed by atoms with Gasteiger partial charge in [-0.1, -0.05) is 42.0 Å². The van der Waals surface area contributed by atoms with Crippen LogP contribution in [-0.4, -0.2) is 30.9 Å². The van der Waals surface area contributed by atoms with Crippen LogP contribution in [0.2, 0.25) is 0 Å². The summed E-state index contributed by atoms with van der Waals surface area (Å²) in [6.07, 6.45) is 2.96. The number of sulfone groups is 1. The van der Waals surface area contributed by atoms with Crippen molar-refractivity contribution in [2.24, 2.45) is 0 Å². The molecule has 1 aliphatic rings. The third-order valence-corrected chi connectivity index (χ3v) is 7.00. The van der Waals surface area contributed by atoms with Crippen molar-refractivity contribution >= 4 is 9.84 Å². The van der Waals surface area contributed by atoms with E-state index < -0.39 is 9.84 Å². The van der Waals surface area contributed by atoms with Crippen molar-refractivity contribution in [3.63, 3.8) is 0 Å². The number of aliphatic hydroxyl groups excluding tert-OH is 1. The van der Waals surface area contributed by atoms with Gasteiger partial charge in [-0.25, -0.2) is 8.42 Å². The highest BCUT2D eigenvalue weighted by atomic mass is 32.2. The Bertz CT molecular complexity index is 1080. The fourth-order valence-electron chi connectivity index (χ4n) is 3.77. The van der Waals surface area contributed by atoms with Crippen LogP contribution < -0.4 is 0 Å². The van der Waals surface area contributed by atoms with E-state index in [2.05, 4.69) is 36.2 Å². The fraction of sp³-hybridized carbons (Fsp3) is 0.261. The van der Waals surface area contributed by atoms with Crippen molar-refractivity contribution in [3.8, 4) is 11.1 Å². The maximum Gasteiger partial charge on any atom is 0.180 e. The van der Waals surface area contributed by atoms with E-state index in [0.717, 1.165) is 23.2 Å². The van der Waals surface area contributed by atoms with Gasteiger partial charge in [0.2, 0.25) is 0 Å². The van der Waals surface area contributed by atoms with Crippen LogP contribution in [0.25, 0.3) is 11.1 Å². The SMILES string of the molecule is Cc1cc(-c2ccc(S(=O)(=O)CCO)cc2)cc([C@@H]2C[C@@H]2c2ccccn2)c1. The molecule has 28 heavy (non-hydrogen) atoms. The minimum Gasteiger partial charge on any atom is -0.395 e. The summed E-state index contributed by atoms with van der Waals surface area (Å²) in [5.74, 6) is 0.706. The van der Waals surface area contributed by atoms with Gasteiger partial charge in [-0.2, -0.15) is 0 Å². The first-order chi connectivity index (χ1) is 13.5. The molecule has 1 saturated carbocycles. The number of benzene rings is 2. The molecule has 0 unspecified atom stereocenters. The molecule has 1 aromatic heterocycles. The molecule has 5 heteroatoms. The highest BCUT2D eigenvalue weighted by Gasteiger charge is 2.40. The lowest BCUT2D eigenvalue weighted by atomic mass is 9.97. The summed E-state index contributed by atoms with van der Waals surface area (Å²) in [7, 11) is -3.42. The Morgan fingerprint density at radius 1 is 1.00 bits per heavy atom. The molecule has 1 aliphatic carbocycles. The van der Waals surface area contributed by atoms with Crippen molar-refractivity contribution in [2.45, 2.75) is 30.1 Å². The zero-order chi connectivity index (χ0) is 19.7. The van der Waals surface area contributed by atoms with E-state index in [-0.39, 0.29) is 17.3 Å². The zero-order valence-electron chi connectivity index (χ0n) is 15.7. The average Bonchev–Trinajstić information content (AvgIpc) is 3.49. The Morgan fingerprint density at radius 3 is 2.46 bits per heavy atom. The van der Waals surface area contributed by atoms with Gasteiger partial charge in [-0.3, -0.25) is 4.98 Å². The van der Waals surface area contributed by atoms with E-state index in [0.29, 0.717) is 11.8 Å². The molecule has 0 bridgehead atoms. The number of aliphatic hydroxyl groups is 1. The number of pyridine rings is 1. The Balaban J connectivity index is 1.60. The number of hydrogen-bond donors (Lipinski definition) is 1. The number of aryl methyl sites for hydroxylation is 1. The second-order valence-corrected chi connectivity index (χ2v) is 9.51. The first-order valence-corrected chi connectivity index (χ1v) is 11.1. The predicted octanol–water partition coefficient (Wildman–Crippen LogP) is 4.09. The number of rotatable bonds is 6. The van der Waals surface area contributed by atoms with Gasteiger partial charge in [0.15, 0.2) is 9.84 Å². The fourth-order valence-corrected chi connectivity index (χ4v) is 4.80. The highest BCUT2D eigenvalue weighted by Crippen LogP contribution is 2.54. The normalized spacial score (nSPS) is 18.8. The minimum atomic E-state index is -3.42. The minimum absolute atomic E-state index is 0.246. The second-order valence-electron chi connectivity index (χ2n) is 7.40. The van der Waals surface area contributed by atoms with Crippen molar-refractivity contribution < 1.29 is 13.5 Å². The maximum atomic E-state index is 12.1. The van der Waals surface area contributed by atoms with Gasteiger partial charge in [0.1, 0.15) is 0 Å². The van der Waals surface area contributed by atoms with Crippen LogP contribution in [0.1, 0.15) is 35.1 Å². The van der Waals surface area contributed by atoms with Crippen LogP contribution in [0.4, 0.5) is 0 Å². The number of hydrogen-bond acceptors (Lipinski definition) is 4. The van der Waals surface area contributed by atoms with Gasteiger partial charge >= 0.3 is 0 Å². The second kappa shape index (κ2) is 7.49. The van der Waals surface area contributed by atoms with E-state index in [9.17, 15) is 8.42 Å². The standard InChI is InChI=1S/C23H23NO3S/c1-16-12-18(17-5-7-20(8-6-17)28(26,27)11-10-25)14-19(13-16)21-15-22(21)23-4-2-3-9-24-23/h2-9,12-14,21-22,25H,10-11,15H2,1H3/t21-,22-/m0/s1. The molecule has 4 rings (SSSR count). The molecule has 0 radical (unpaired) electrons. The first-order valence-electron chi connectivity index (χ1n) is 9.44. The molecule has 2 atom stereocenters. The predicted molar refractivity (Wildman–Crippen MR) is 110 cm³/mol. The maximum absolute atomic E-state index is 12.1. The van der Waals surface area contributed by atoms with E-state index in [1.807, 2.05) is 30.5 Å². The molecule has 0 spiro atoms. The average molecular weight is 394 g/mol. The van der Waals surface area contributed by atoms with Gasteiger partial charge in [0.05, 0.1) is 17.3 Å². The summed E-state index contributed by atoms with van der Waals surface area (Å²) in [5.41, 5.74) is 5.73. The molecular formula is C23H23NO3S. The summed E-state index contributed by atoms with van der Waals surface area (Å²) >= 11 is 0. The first kappa shape index (κ1) is 18.8. The molecule has 0 saturated heterocycles. The van der Waals surface area contributed by atoms with Gasteiger partial charge in [-0.15, -0.1) is 0 Å². The van der Waals surface area contributed by atoms with Gasteiger partial charge < -0.3 is 5.11 Å². The monoisotopic (exact) mass is 393 g/mol. The van der Waals surface area contributed by atoms with Crippen molar-refractivity contribution in [1.29, 1.82) is 0 Å². The van der Waals surface area contributed by atoms with E-state index in [1.165, 1.54) is 11.1 Å². The molecule has 0 amide bonds. The summed E-state index contributed by atoms with van der Waals surface area (Å²) in [6, 6.07) is 19.5. The van der Waals surface area contributed by atoms with Crippen LogP contribution in [0, 0.1) is 6.92 Å². The molecular weight excluding hydrogens is 370 g/mol. The van der Waals surface area contributed by atoms with Crippen LogP contribution in [0.5, 0.6) is 0 Å². The molecule has 2 aromatic carbocycles. The van der Waals surface area contributed by atoms with Crippen molar-refractivity contribution in [1.82, 2.24) is 4.98 Å². The van der Waals surface area contributed by atoms with Gasteiger partial charge in [-0.05, 0) is 60.2 Å². The van der Waals surface area contributed by atoms with E-state index in [1.54, 1.807) is 12.1 Å². The summed E-state index contributed by atoms with van der Waals surface area (Å²) in [5, 5.41) is 8.93. The van der Waals surface area contributed by atoms with E-state index in [4.69, 9.17) is 5.11 Å². The largest absolute Gasteiger partial charge is 0.395 e. The van der Waals surface area contributed by atoms with Crippen molar-refractivity contribution in [3.05, 3.63) is 83.7 Å². The quantitative estimate of drug-likeness (QED) is 0.685. The summed E-state index contributed by atoms with van der Waals surface area (Å²) < 4.78 is 24.2. The topological polar surface area (TPSA) is 67.3 Å². The molecule has 3 aromatic rings. The highest BCUT2D eigenvalue weighted by molar-refractivity contribution is 7.91. The van der Waals surface area contributed by atoms with E-state index >= 15 is 0 Å². The van der Waals surface area contributed by atoms with Crippen LogP contribution in [0.15, 0.2) is 71.8 Å². The Labute approximate surface area is 165 Å². The van der Waals surface area contributed by atoms with Crippen molar-refractivity contribution in [2.75, 3.05) is 12.4 Å². The Morgan fingerprint density at radius 2 is 1.79 bits per heavy atom. The number of nitrogens with zero attached hydrogens (tertiary/aromatic N) is 1. The third kappa shape index (κ3) is 3.86. The van der Waals surface area contributed by atoms with Crippen LogP contribution in [0.3, 0.4) is 0 Å².